The fourth-order valence-electron chi connectivity index (χ4n) is 9.31. The van der Waals surface area contributed by atoms with Crippen LogP contribution in [0.25, 0.3) is 78.5 Å². The maximum Gasteiger partial charge on any atom is 0.227 e. The summed E-state index contributed by atoms with van der Waals surface area (Å²) in [5.74, 6) is 0.840. The average Bonchev–Trinajstić information content (AvgIpc) is 4.02. The number of nitriles is 2. The van der Waals surface area contributed by atoms with Gasteiger partial charge in [0, 0.05) is 32.0 Å². The molecule has 0 fully saturated rings. The predicted octanol–water partition coefficient (Wildman–Crippen LogP) is 13.2. The first kappa shape index (κ1) is 34.1. The second-order valence-electron chi connectivity index (χ2n) is 15.1. The summed E-state index contributed by atoms with van der Waals surface area (Å²) in [6.45, 7) is 0. The van der Waals surface area contributed by atoms with Gasteiger partial charge in [-0.15, -0.1) is 0 Å². The minimum atomic E-state index is -0.572. The van der Waals surface area contributed by atoms with E-state index in [2.05, 4.69) is 103 Å². The molecule has 0 unspecified atom stereocenters. The Bertz CT molecular complexity index is 3330. The molecule has 0 saturated heterocycles. The third-order valence-corrected chi connectivity index (χ3v) is 13.0. The van der Waals surface area contributed by atoms with Gasteiger partial charge in [0.05, 0.1) is 28.7 Å². The highest BCUT2D eigenvalue weighted by atomic mass is 32.2. The van der Waals surface area contributed by atoms with Crippen LogP contribution in [0.15, 0.2) is 188 Å². The first-order chi connectivity index (χ1) is 29.6. The molecule has 1 aliphatic carbocycles. The molecule has 0 saturated carbocycles. The van der Waals surface area contributed by atoms with Gasteiger partial charge in [-0.05, 0) is 117 Å². The number of hydrogen-bond acceptors (Lipinski definition) is 7. The molecule has 278 valence electrons. The zero-order valence-corrected chi connectivity index (χ0v) is 32.5. The molecular weight excluding hydrogens is 757 g/mol. The highest BCUT2D eigenvalue weighted by molar-refractivity contribution is 7.99. The van der Waals surface area contributed by atoms with Gasteiger partial charge in [0.1, 0.15) is 11.0 Å². The topological polar surface area (TPSA) is 99.6 Å². The van der Waals surface area contributed by atoms with Crippen LogP contribution in [0, 0.1) is 22.7 Å². The molecule has 3 heterocycles. The number of hydrogen-bond donors (Lipinski definition) is 0. The molecule has 1 aliphatic heterocycles. The Hall–Kier alpha value is -7.97. The quantitative estimate of drug-likeness (QED) is 0.175. The van der Waals surface area contributed by atoms with Crippen molar-refractivity contribution in [2.24, 2.45) is 0 Å². The number of para-hydroxylation sites is 4. The van der Waals surface area contributed by atoms with E-state index in [4.69, 9.17) is 18.8 Å². The number of fused-ring (bicyclic) bond motifs is 11. The lowest BCUT2D eigenvalue weighted by Gasteiger charge is -2.39. The lowest BCUT2D eigenvalue weighted by molar-refractivity contribution is 0.617. The van der Waals surface area contributed by atoms with Gasteiger partial charge in [-0.25, -0.2) is 9.97 Å². The van der Waals surface area contributed by atoms with E-state index < -0.39 is 5.41 Å². The standard InChI is InChI=1S/C53H28N4O2S/c54-29-35-27-40(32-23-33(51-56-45-15-5-7-17-47(45)58-51)25-34(24-32)52-57-46-16-6-8-18-48(46)59-52)36(30-55)26-39(35)31-21-22-38-37-11-1-2-12-41(37)53(44(38)28-31)42-13-3-9-19-49(42)60-50-20-10-4-14-43(50)53/h1-28H. The number of rotatable bonds is 4. The van der Waals surface area contributed by atoms with E-state index >= 15 is 0 Å². The Morgan fingerprint density at radius 1 is 0.417 bits per heavy atom. The van der Waals surface area contributed by atoms with E-state index in [9.17, 15) is 10.5 Å². The van der Waals surface area contributed by atoms with Gasteiger partial charge >= 0.3 is 0 Å². The molecule has 0 bridgehead atoms. The Kier molecular flexibility index (Phi) is 7.40. The summed E-state index contributed by atoms with van der Waals surface area (Å²) < 4.78 is 12.5. The molecule has 0 atom stereocenters. The fraction of sp³-hybridized carbons (Fsp3) is 0.0189. The summed E-state index contributed by atoms with van der Waals surface area (Å²) in [6.07, 6.45) is 0. The minimum Gasteiger partial charge on any atom is -0.436 e. The minimum absolute atomic E-state index is 0.420. The second kappa shape index (κ2) is 13.0. The van der Waals surface area contributed by atoms with Gasteiger partial charge in [0.15, 0.2) is 11.2 Å². The van der Waals surface area contributed by atoms with Crippen LogP contribution in [0.1, 0.15) is 33.4 Å². The molecular formula is C53H28N4O2S. The van der Waals surface area contributed by atoms with Gasteiger partial charge in [0.25, 0.3) is 0 Å². The summed E-state index contributed by atoms with van der Waals surface area (Å²) in [7, 11) is 0. The van der Waals surface area contributed by atoms with E-state index in [1.807, 2.05) is 78.9 Å². The molecule has 7 heteroatoms. The van der Waals surface area contributed by atoms with Crippen molar-refractivity contribution in [2.45, 2.75) is 15.2 Å². The van der Waals surface area contributed by atoms with Crippen LogP contribution in [-0.2, 0) is 5.41 Å². The van der Waals surface area contributed by atoms with E-state index in [1.165, 1.54) is 32.0 Å². The van der Waals surface area contributed by atoms with Crippen molar-refractivity contribution in [1.29, 1.82) is 10.5 Å². The summed E-state index contributed by atoms with van der Waals surface area (Å²) in [5, 5.41) is 21.8. The SMILES string of the molecule is N#Cc1cc(-c2ccc3c(c2)C2(c4ccccc4Sc4ccccc42)c2ccccc2-3)c(C#N)cc1-c1cc(-c2nc3ccccc3o2)cc(-c2nc3ccccc3o2)c1. The smallest absolute Gasteiger partial charge is 0.227 e. The van der Waals surface area contributed by atoms with E-state index in [0.29, 0.717) is 61.9 Å². The van der Waals surface area contributed by atoms with Crippen molar-refractivity contribution in [1.82, 2.24) is 9.97 Å². The molecule has 0 N–H and O–H groups in total. The summed E-state index contributed by atoms with van der Waals surface area (Å²) >= 11 is 1.81. The van der Waals surface area contributed by atoms with Gasteiger partial charge in [0.2, 0.25) is 11.8 Å². The second-order valence-corrected chi connectivity index (χ2v) is 16.2. The van der Waals surface area contributed by atoms with Crippen LogP contribution in [0.5, 0.6) is 0 Å². The van der Waals surface area contributed by atoms with Gasteiger partial charge in [-0.1, -0.05) is 109 Å². The molecule has 6 nitrogen and oxygen atoms in total. The highest BCUT2D eigenvalue weighted by Crippen LogP contribution is 2.62. The molecule has 1 spiro atoms. The summed E-state index contributed by atoms with van der Waals surface area (Å²) in [5.41, 5.74) is 14.5. The summed E-state index contributed by atoms with van der Waals surface area (Å²) in [6, 6.07) is 62.3. The maximum atomic E-state index is 10.9. The van der Waals surface area contributed by atoms with Gasteiger partial charge < -0.3 is 8.83 Å². The first-order valence-corrected chi connectivity index (χ1v) is 20.4. The molecule has 2 aromatic heterocycles. The fourth-order valence-corrected chi connectivity index (χ4v) is 10.5. The first-order valence-electron chi connectivity index (χ1n) is 19.6. The average molecular weight is 785 g/mol. The highest BCUT2D eigenvalue weighted by Gasteiger charge is 2.50. The molecule has 2 aliphatic rings. The zero-order chi connectivity index (χ0) is 40.0. The normalized spacial score (nSPS) is 13.0. The van der Waals surface area contributed by atoms with Gasteiger partial charge in [-0.2, -0.15) is 10.5 Å². The predicted molar refractivity (Wildman–Crippen MR) is 234 cm³/mol. The Labute approximate surface area is 348 Å². The van der Waals surface area contributed by atoms with Crippen molar-refractivity contribution in [3.8, 4) is 68.4 Å². The van der Waals surface area contributed by atoms with Crippen LogP contribution < -0.4 is 0 Å². The van der Waals surface area contributed by atoms with Crippen molar-refractivity contribution in [3.63, 3.8) is 0 Å². The molecule has 60 heavy (non-hydrogen) atoms. The van der Waals surface area contributed by atoms with Crippen LogP contribution in [-0.4, -0.2) is 9.97 Å². The van der Waals surface area contributed by atoms with E-state index in [-0.39, 0.29) is 0 Å². The van der Waals surface area contributed by atoms with Crippen LogP contribution >= 0.6 is 11.8 Å². The maximum absolute atomic E-state index is 10.9. The number of oxazole rings is 2. The molecule has 0 amide bonds. The Morgan fingerprint density at radius 2 is 0.900 bits per heavy atom. The molecule has 0 radical (unpaired) electrons. The van der Waals surface area contributed by atoms with Crippen LogP contribution in [0.4, 0.5) is 0 Å². The summed E-state index contributed by atoms with van der Waals surface area (Å²) in [4.78, 5) is 12.0. The zero-order valence-electron chi connectivity index (χ0n) is 31.7. The molecule has 10 aromatic rings. The molecule has 8 aromatic carbocycles. The lowest BCUT2D eigenvalue weighted by Crippen LogP contribution is -2.31. The number of nitrogens with zero attached hydrogens (tertiary/aromatic N) is 4. The van der Waals surface area contributed by atoms with Crippen molar-refractivity contribution >= 4 is 34.0 Å². The van der Waals surface area contributed by atoms with Gasteiger partial charge in [-0.3, -0.25) is 0 Å². The number of aromatic nitrogens is 2. The number of benzene rings is 8. The van der Waals surface area contributed by atoms with E-state index in [0.717, 1.165) is 27.7 Å². The molecule has 12 rings (SSSR count). The third-order valence-electron chi connectivity index (χ3n) is 11.9. The largest absolute Gasteiger partial charge is 0.436 e. The van der Waals surface area contributed by atoms with Crippen LogP contribution in [0.2, 0.25) is 0 Å². The monoisotopic (exact) mass is 784 g/mol. The Morgan fingerprint density at radius 3 is 1.48 bits per heavy atom. The van der Waals surface area contributed by atoms with Crippen molar-refractivity contribution in [3.05, 3.63) is 203 Å². The van der Waals surface area contributed by atoms with Crippen molar-refractivity contribution < 1.29 is 8.83 Å². The van der Waals surface area contributed by atoms with Crippen molar-refractivity contribution in [2.75, 3.05) is 0 Å². The Balaban J connectivity index is 1.06. The van der Waals surface area contributed by atoms with E-state index in [1.54, 1.807) is 11.8 Å². The third kappa shape index (κ3) is 4.94. The lowest BCUT2D eigenvalue weighted by atomic mass is 9.67. The van der Waals surface area contributed by atoms with Crippen LogP contribution in [0.3, 0.4) is 0 Å².